The summed E-state index contributed by atoms with van der Waals surface area (Å²) in [5.41, 5.74) is 0.782. The number of carbonyl (C=O) groups is 1. The molecule has 1 N–H and O–H groups in total. The smallest absolute Gasteiger partial charge is 0.244 e. The minimum atomic E-state index is -0.228. The van der Waals surface area contributed by atoms with Gasteiger partial charge in [0.1, 0.15) is 12.3 Å². The number of amides is 1. The summed E-state index contributed by atoms with van der Waals surface area (Å²) in [4.78, 5) is 13.3. The molecule has 3 rings (SSSR count). The molecular formula is C15H14ClN5O2. The van der Waals surface area contributed by atoms with E-state index in [9.17, 15) is 4.79 Å². The van der Waals surface area contributed by atoms with Gasteiger partial charge in [0, 0.05) is 10.6 Å². The van der Waals surface area contributed by atoms with Crippen LogP contribution in [0.25, 0.3) is 11.4 Å². The quantitative estimate of drug-likeness (QED) is 0.776. The molecule has 1 amide bonds. The van der Waals surface area contributed by atoms with Crippen molar-refractivity contribution in [3.63, 3.8) is 0 Å². The van der Waals surface area contributed by atoms with Crippen LogP contribution in [0, 0.1) is 0 Å². The van der Waals surface area contributed by atoms with E-state index >= 15 is 0 Å². The third-order valence-electron chi connectivity index (χ3n) is 3.19. The number of hydrogen-bond donors (Lipinski definition) is 1. The van der Waals surface area contributed by atoms with E-state index in [2.05, 4.69) is 20.7 Å². The minimum absolute atomic E-state index is 0.0222. The zero-order valence-corrected chi connectivity index (χ0v) is 13.1. The molecule has 23 heavy (non-hydrogen) atoms. The van der Waals surface area contributed by atoms with E-state index in [4.69, 9.17) is 16.0 Å². The number of rotatable bonds is 5. The Kier molecular flexibility index (Phi) is 4.38. The third kappa shape index (κ3) is 3.75. The number of nitrogens with one attached hydrogen (secondary N) is 1. The van der Waals surface area contributed by atoms with E-state index in [1.165, 1.54) is 4.80 Å². The summed E-state index contributed by atoms with van der Waals surface area (Å²) in [6.07, 6.45) is 1.56. The minimum Gasteiger partial charge on any atom is -0.467 e. The molecule has 0 aliphatic heterocycles. The van der Waals surface area contributed by atoms with Gasteiger partial charge in [-0.15, -0.1) is 10.2 Å². The second-order valence-electron chi connectivity index (χ2n) is 4.95. The van der Waals surface area contributed by atoms with Crippen LogP contribution < -0.4 is 5.32 Å². The molecule has 7 nitrogen and oxygen atoms in total. The summed E-state index contributed by atoms with van der Waals surface area (Å²) < 4.78 is 5.24. The molecule has 0 aliphatic rings. The number of aromatic nitrogens is 4. The number of nitrogens with zero attached hydrogens (tertiary/aromatic N) is 4. The number of benzene rings is 1. The third-order valence-corrected chi connectivity index (χ3v) is 3.44. The molecule has 2 aromatic heterocycles. The maximum absolute atomic E-state index is 12.0. The molecule has 0 unspecified atom stereocenters. The van der Waals surface area contributed by atoms with Gasteiger partial charge in [-0.2, -0.15) is 4.80 Å². The Labute approximate surface area is 137 Å². The molecule has 3 aromatic rings. The van der Waals surface area contributed by atoms with Crippen LogP contribution in [0.4, 0.5) is 0 Å². The summed E-state index contributed by atoms with van der Waals surface area (Å²) in [6, 6.07) is 10.4. The van der Waals surface area contributed by atoms with Crippen LogP contribution in [0.2, 0.25) is 5.02 Å². The average molecular weight is 332 g/mol. The normalized spacial score (nSPS) is 12.1. The zero-order chi connectivity index (χ0) is 16.2. The lowest BCUT2D eigenvalue weighted by Gasteiger charge is -2.10. The summed E-state index contributed by atoms with van der Waals surface area (Å²) in [5.74, 6) is 0.897. The van der Waals surface area contributed by atoms with E-state index in [1.807, 2.05) is 6.92 Å². The van der Waals surface area contributed by atoms with E-state index in [1.54, 1.807) is 42.7 Å². The predicted octanol–water partition coefficient (Wildman–Crippen LogP) is 2.46. The molecule has 0 saturated heterocycles. The fourth-order valence-electron chi connectivity index (χ4n) is 2.05. The van der Waals surface area contributed by atoms with Crippen LogP contribution in [-0.2, 0) is 11.3 Å². The fraction of sp³-hybridized carbons (Fsp3) is 0.200. The van der Waals surface area contributed by atoms with Gasteiger partial charge in [-0.1, -0.05) is 11.6 Å². The largest absolute Gasteiger partial charge is 0.467 e. The van der Waals surface area contributed by atoms with Crippen molar-refractivity contribution in [3.05, 3.63) is 53.4 Å². The van der Waals surface area contributed by atoms with Crippen LogP contribution in [0.1, 0.15) is 18.7 Å². The highest BCUT2D eigenvalue weighted by molar-refractivity contribution is 6.30. The van der Waals surface area contributed by atoms with Crippen LogP contribution in [0.5, 0.6) is 0 Å². The van der Waals surface area contributed by atoms with Crippen molar-refractivity contribution in [2.45, 2.75) is 19.5 Å². The number of halogens is 1. The summed E-state index contributed by atoms with van der Waals surface area (Å²) in [5, 5.41) is 15.4. The Morgan fingerprint density at radius 3 is 2.83 bits per heavy atom. The SMILES string of the molecule is C[C@@H](NC(=O)Cn1nnc(-c2ccc(Cl)cc2)n1)c1ccco1. The van der Waals surface area contributed by atoms with Gasteiger partial charge in [0.2, 0.25) is 11.7 Å². The van der Waals surface area contributed by atoms with Gasteiger partial charge in [0.05, 0.1) is 12.3 Å². The summed E-state index contributed by atoms with van der Waals surface area (Å²) in [6.45, 7) is 1.82. The molecule has 118 valence electrons. The van der Waals surface area contributed by atoms with Crippen molar-refractivity contribution in [1.82, 2.24) is 25.5 Å². The standard InChI is InChI=1S/C15H14ClN5O2/c1-10(13-3-2-8-23-13)17-14(22)9-21-19-15(18-20-21)11-4-6-12(16)7-5-11/h2-8,10H,9H2,1H3,(H,17,22)/t10-/m1/s1. The van der Waals surface area contributed by atoms with Crippen LogP contribution >= 0.6 is 11.6 Å². The summed E-state index contributed by atoms with van der Waals surface area (Å²) >= 11 is 5.84. The van der Waals surface area contributed by atoms with Crippen molar-refractivity contribution in [2.24, 2.45) is 0 Å². The Hall–Kier alpha value is -2.67. The molecule has 0 radical (unpaired) electrons. The molecule has 1 atom stereocenters. The van der Waals surface area contributed by atoms with Crippen molar-refractivity contribution >= 4 is 17.5 Å². The highest BCUT2D eigenvalue weighted by Gasteiger charge is 2.14. The van der Waals surface area contributed by atoms with Crippen molar-refractivity contribution in [1.29, 1.82) is 0 Å². The molecule has 2 heterocycles. The van der Waals surface area contributed by atoms with Gasteiger partial charge in [-0.05, 0) is 48.5 Å². The number of furan rings is 1. The molecule has 0 spiro atoms. The highest BCUT2D eigenvalue weighted by atomic mass is 35.5. The van der Waals surface area contributed by atoms with E-state index < -0.39 is 0 Å². The first-order valence-corrected chi connectivity index (χ1v) is 7.36. The molecular weight excluding hydrogens is 318 g/mol. The Morgan fingerprint density at radius 2 is 2.13 bits per heavy atom. The summed E-state index contributed by atoms with van der Waals surface area (Å²) in [7, 11) is 0. The topological polar surface area (TPSA) is 85.8 Å². The van der Waals surface area contributed by atoms with Crippen LogP contribution in [0.15, 0.2) is 47.1 Å². The molecule has 1 aromatic carbocycles. The maximum Gasteiger partial charge on any atom is 0.244 e. The molecule has 0 bridgehead atoms. The second-order valence-corrected chi connectivity index (χ2v) is 5.39. The molecule has 0 saturated carbocycles. The lowest BCUT2D eigenvalue weighted by atomic mass is 10.2. The lowest BCUT2D eigenvalue weighted by molar-refractivity contribution is -0.122. The van der Waals surface area contributed by atoms with Gasteiger partial charge in [0.25, 0.3) is 0 Å². The van der Waals surface area contributed by atoms with E-state index in [0.717, 1.165) is 5.56 Å². The number of carbonyl (C=O) groups excluding carboxylic acids is 1. The van der Waals surface area contributed by atoms with Crippen molar-refractivity contribution in [2.75, 3.05) is 0 Å². The Balaban J connectivity index is 1.62. The Morgan fingerprint density at radius 1 is 1.35 bits per heavy atom. The lowest BCUT2D eigenvalue weighted by Crippen LogP contribution is -2.30. The zero-order valence-electron chi connectivity index (χ0n) is 12.3. The van der Waals surface area contributed by atoms with Gasteiger partial charge in [0.15, 0.2) is 0 Å². The van der Waals surface area contributed by atoms with Gasteiger partial charge < -0.3 is 9.73 Å². The fourth-order valence-corrected chi connectivity index (χ4v) is 2.18. The number of hydrogen-bond acceptors (Lipinski definition) is 5. The predicted molar refractivity (Wildman–Crippen MR) is 83.5 cm³/mol. The maximum atomic E-state index is 12.0. The van der Waals surface area contributed by atoms with Gasteiger partial charge in [-0.25, -0.2) is 0 Å². The van der Waals surface area contributed by atoms with E-state index in [0.29, 0.717) is 16.6 Å². The van der Waals surface area contributed by atoms with Gasteiger partial charge in [-0.3, -0.25) is 4.79 Å². The first-order chi connectivity index (χ1) is 11.1. The highest BCUT2D eigenvalue weighted by Crippen LogP contribution is 2.17. The van der Waals surface area contributed by atoms with Crippen LogP contribution in [0.3, 0.4) is 0 Å². The first-order valence-electron chi connectivity index (χ1n) is 6.98. The Bertz CT molecular complexity index is 783. The van der Waals surface area contributed by atoms with Gasteiger partial charge >= 0.3 is 0 Å². The second kappa shape index (κ2) is 6.62. The first kappa shape index (κ1) is 15.2. The molecule has 0 fully saturated rings. The molecule has 0 aliphatic carbocycles. The molecule has 8 heteroatoms. The average Bonchev–Trinajstić information content (AvgIpc) is 3.19. The van der Waals surface area contributed by atoms with E-state index in [-0.39, 0.29) is 18.5 Å². The van der Waals surface area contributed by atoms with Crippen molar-refractivity contribution in [3.8, 4) is 11.4 Å². The van der Waals surface area contributed by atoms with Crippen LogP contribution in [-0.4, -0.2) is 26.1 Å². The monoisotopic (exact) mass is 331 g/mol. The number of tetrazole rings is 1. The van der Waals surface area contributed by atoms with Crippen molar-refractivity contribution < 1.29 is 9.21 Å².